The van der Waals surface area contributed by atoms with Crippen molar-refractivity contribution in [3.05, 3.63) is 83.6 Å². The van der Waals surface area contributed by atoms with E-state index >= 15 is 0 Å². The quantitative estimate of drug-likeness (QED) is 0.528. The van der Waals surface area contributed by atoms with E-state index in [-0.39, 0.29) is 5.70 Å². The van der Waals surface area contributed by atoms with Gasteiger partial charge in [-0.25, -0.2) is 4.90 Å². The highest BCUT2D eigenvalue weighted by molar-refractivity contribution is 6.46. The molecule has 0 saturated heterocycles. The van der Waals surface area contributed by atoms with Gasteiger partial charge in [0.1, 0.15) is 17.2 Å². The zero-order valence-corrected chi connectivity index (χ0v) is 19.9. The number of rotatable bonds is 7. The molecule has 3 aromatic rings. The largest absolute Gasteiger partial charge is 0.497 e. The van der Waals surface area contributed by atoms with Gasteiger partial charge in [-0.2, -0.15) is 0 Å². The van der Waals surface area contributed by atoms with Crippen molar-refractivity contribution in [1.82, 2.24) is 0 Å². The predicted octanol–water partition coefficient (Wildman–Crippen LogP) is 4.47. The molecule has 1 aliphatic rings. The number of hydrogen-bond acceptors (Lipinski definition) is 6. The van der Waals surface area contributed by atoms with Crippen LogP contribution in [0.5, 0.6) is 11.5 Å². The van der Waals surface area contributed by atoms with Gasteiger partial charge in [0.05, 0.1) is 31.2 Å². The van der Waals surface area contributed by atoms with Gasteiger partial charge in [0, 0.05) is 25.8 Å². The van der Waals surface area contributed by atoms with Crippen LogP contribution in [0.3, 0.4) is 0 Å². The number of nitrogens with zero attached hydrogens (tertiary/aromatic N) is 2. The SMILES string of the molecule is COc1ccc(OC)c(NC2=C(c3ccc(C)cc3)C(=O)N(c3ccc(N(C)C)cc3)C2=O)c1. The summed E-state index contributed by atoms with van der Waals surface area (Å²) < 4.78 is 10.8. The molecule has 0 fully saturated rings. The highest BCUT2D eigenvalue weighted by atomic mass is 16.5. The lowest BCUT2D eigenvalue weighted by Crippen LogP contribution is -2.32. The van der Waals surface area contributed by atoms with Crippen molar-refractivity contribution in [1.29, 1.82) is 0 Å². The molecule has 1 N–H and O–H groups in total. The highest BCUT2D eigenvalue weighted by Gasteiger charge is 2.40. The number of benzene rings is 3. The van der Waals surface area contributed by atoms with Crippen LogP contribution in [0, 0.1) is 6.92 Å². The van der Waals surface area contributed by atoms with Crippen molar-refractivity contribution in [2.75, 3.05) is 43.4 Å². The van der Waals surface area contributed by atoms with Crippen LogP contribution in [0.15, 0.2) is 72.4 Å². The van der Waals surface area contributed by atoms with Gasteiger partial charge in [-0.3, -0.25) is 9.59 Å². The summed E-state index contributed by atoms with van der Waals surface area (Å²) in [5.74, 6) is 0.276. The fraction of sp³-hybridized carbons (Fsp3) is 0.185. The van der Waals surface area contributed by atoms with E-state index in [0.29, 0.717) is 34.0 Å². The van der Waals surface area contributed by atoms with Crippen LogP contribution in [0.25, 0.3) is 5.57 Å². The molecule has 0 bridgehead atoms. The highest BCUT2D eigenvalue weighted by Crippen LogP contribution is 2.37. The Balaban J connectivity index is 1.82. The number of anilines is 3. The third-order valence-corrected chi connectivity index (χ3v) is 5.71. The van der Waals surface area contributed by atoms with E-state index in [0.717, 1.165) is 11.3 Å². The minimum Gasteiger partial charge on any atom is -0.497 e. The monoisotopic (exact) mass is 457 g/mol. The molecular formula is C27H27N3O4. The summed E-state index contributed by atoms with van der Waals surface area (Å²) in [6.45, 7) is 1.97. The van der Waals surface area contributed by atoms with Crippen molar-refractivity contribution < 1.29 is 19.1 Å². The van der Waals surface area contributed by atoms with Gasteiger partial charge in [-0.1, -0.05) is 29.8 Å². The summed E-state index contributed by atoms with van der Waals surface area (Å²) in [6.07, 6.45) is 0. The standard InChI is InChI=1S/C27H27N3O4/c1-17-6-8-18(9-7-17)24-25(28-22-16-21(33-4)14-15-23(22)34-5)27(32)30(26(24)31)20-12-10-19(11-13-20)29(2)3/h6-16,28H,1-5H3. The number of hydrogen-bond donors (Lipinski definition) is 1. The molecule has 2 amide bonds. The summed E-state index contributed by atoms with van der Waals surface area (Å²) >= 11 is 0. The Hall–Kier alpha value is -4.26. The van der Waals surface area contributed by atoms with Crippen LogP contribution in [-0.4, -0.2) is 40.1 Å². The third kappa shape index (κ3) is 4.20. The van der Waals surface area contributed by atoms with Crippen LogP contribution in [0.1, 0.15) is 11.1 Å². The minimum absolute atomic E-state index is 0.178. The number of aryl methyl sites for hydroxylation is 1. The Morgan fingerprint density at radius 2 is 1.50 bits per heavy atom. The van der Waals surface area contributed by atoms with E-state index in [1.165, 1.54) is 4.90 Å². The molecule has 0 radical (unpaired) electrons. The van der Waals surface area contributed by atoms with E-state index in [4.69, 9.17) is 9.47 Å². The van der Waals surface area contributed by atoms with E-state index in [1.807, 2.05) is 62.3 Å². The van der Waals surface area contributed by atoms with Crippen molar-refractivity contribution in [3.63, 3.8) is 0 Å². The Labute approximate surface area is 199 Å². The number of ether oxygens (including phenoxy) is 2. The van der Waals surface area contributed by atoms with Crippen LogP contribution in [-0.2, 0) is 9.59 Å². The zero-order chi connectivity index (χ0) is 24.4. The number of carbonyl (C=O) groups is 2. The molecule has 0 aliphatic carbocycles. The molecule has 3 aromatic carbocycles. The Bertz CT molecular complexity index is 1260. The van der Waals surface area contributed by atoms with Gasteiger partial charge in [0.15, 0.2) is 0 Å². The molecule has 1 heterocycles. The molecular weight excluding hydrogens is 430 g/mol. The average molecular weight is 458 g/mol. The van der Waals surface area contributed by atoms with Crippen LogP contribution in [0.2, 0.25) is 0 Å². The molecule has 174 valence electrons. The molecule has 34 heavy (non-hydrogen) atoms. The number of methoxy groups -OCH3 is 2. The van der Waals surface area contributed by atoms with Crippen LogP contribution < -0.4 is 24.6 Å². The molecule has 0 aromatic heterocycles. The summed E-state index contributed by atoms with van der Waals surface area (Å²) in [7, 11) is 6.97. The van der Waals surface area contributed by atoms with Gasteiger partial charge in [-0.15, -0.1) is 0 Å². The van der Waals surface area contributed by atoms with Gasteiger partial charge in [0.2, 0.25) is 0 Å². The molecule has 1 aliphatic heterocycles. The molecule has 7 nitrogen and oxygen atoms in total. The second kappa shape index (κ2) is 9.31. The second-order valence-electron chi connectivity index (χ2n) is 8.16. The van der Waals surface area contributed by atoms with Crippen molar-refractivity contribution in [3.8, 4) is 11.5 Å². The van der Waals surface area contributed by atoms with E-state index in [9.17, 15) is 9.59 Å². The lowest BCUT2D eigenvalue weighted by molar-refractivity contribution is -0.120. The number of nitrogens with one attached hydrogen (secondary N) is 1. The normalized spacial score (nSPS) is 13.4. The third-order valence-electron chi connectivity index (χ3n) is 5.71. The summed E-state index contributed by atoms with van der Waals surface area (Å²) in [5, 5.41) is 3.16. The molecule has 4 rings (SSSR count). The maximum Gasteiger partial charge on any atom is 0.282 e. The lowest BCUT2D eigenvalue weighted by atomic mass is 10.0. The first kappa shape index (κ1) is 22.9. The van der Waals surface area contributed by atoms with Gasteiger partial charge >= 0.3 is 0 Å². The fourth-order valence-electron chi connectivity index (χ4n) is 3.81. The maximum atomic E-state index is 13.6. The number of carbonyl (C=O) groups excluding carboxylic acids is 2. The summed E-state index contributed by atoms with van der Waals surface area (Å²) in [6, 6.07) is 20.0. The Morgan fingerprint density at radius 3 is 2.09 bits per heavy atom. The minimum atomic E-state index is -0.442. The zero-order valence-electron chi connectivity index (χ0n) is 19.9. The average Bonchev–Trinajstić information content (AvgIpc) is 3.08. The molecule has 0 saturated carbocycles. The van der Waals surface area contributed by atoms with Gasteiger partial charge < -0.3 is 19.7 Å². The van der Waals surface area contributed by atoms with E-state index in [2.05, 4.69) is 5.32 Å². The first-order chi connectivity index (χ1) is 16.3. The Kier molecular flexibility index (Phi) is 6.27. The van der Waals surface area contributed by atoms with E-state index in [1.54, 1.807) is 44.6 Å². The smallest absolute Gasteiger partial charge is 0.282 e. The first-order valence-electron chi connectivity index (χ1n) is 10.8. The maximum absolute atomic E-state index is 13.6. The number of imide groups is 1. The fourth-order valence-corrected chi connectivity index (χ4v) is 3.81. The topological polar surface area (TPSA) is 71.1 Å². The molecule has 7 heteroatoms. The second-order valence-corrected chi connectivity index (χ2v) is 8.16. The first-order valence-corrected chi connectivity index (χ1v) is 10.8. The van der Waals surface area contributed by atoms with Crippen LogP contribution >= 0.6 is 0 Å². The predicted molar refractivity (Wildman–Crippen MR) is 135 cm³/mol. The lowest BCUT2D eigenvalue weighted by Gasteiger charge is -2.18. The van der Waals surface area contributed by atoms with E-state index < -0.39 is 11.8 Å². The van der Waals surface area contributed by atoms with Gasteiger partial charge in [-0.05, 0) is 48.9 Å². The summed E-state index contributed by atoms with van der Waals surface area (Å²) in [4.78, 5) is 30.4. The molecule has 0 spiro atoms. The Morgan fingerprint density at radius 1 is 0.824 bits per heavy atom. The van der Waals surface area contributed by atoms with Gasteiger partial charge in [0.25, 0.3) is 11.8 Å². The van der Waals surface area contributed by atoms with Crippen molar-refractivity contribution in [2.45, 2.75) is 6.92 Å². The van der Waals surface area contributed by atoms with Crippen molar-refractivity contribution >= 4 is 34.4 Å². The summed E-state index contributed by atoms with van der Waals surface area (Å²) in [5.41, 5.74) is 4.17. The molecule has 0 unspecified atom stereocenters. The van der Waals surface area contributed by atoms with Crippen molar-refractivity contribution in [2.24, 2.45) is 0 Å². The molecule has 0 atom stereocenters. The van der Waals surface area contributed by atoms with Crippen LogP contribution in [0.4, 0.5) is 17.1 Å². The number of amides is 2.